The van der Waals surface area contributed by atoms with E-state index in [2.05, 4.69) is 0 Å². The molecule has 0 heterocycles. The van der Waals surface area contributed by atoms with Gasteiger partial charge in [-0.25, -0.2) is 0 Å². The fraction of sp³-hybridized carbons (Fsp3) is 0.143. The number of benzene rings is 4. The SMILES string of the molecule is Cc1ccc(P(Cc2cc([N+](=O)[O-])cc([N+](=O)[O-])c2)(OP(=O)(O)O)(c2ccc(C)cc2)c2ccc(C)cc2)cc1. The van der Waals surface area contributed by atoms with Gasteiger partial charge in [-0.05, 0) is 0 Å². The van der Waals surface area contributed by atoms with Gasteiger partial charge in [0.2, 0.25) is 0 Å². The molecular formula is C28H28N2O8P2. The van der Waals surface area contributed by atoms with Crippen molar-refractivity contribution in [3.63, 3.8) is 0 Å². The fourth-order valence-corrected chi connectivity index (χ4v) is 12.9. The van der Waals surface area contributed by atoms with Crippen LogP contribution in [0.2, 0.25) is 0 Å². The Morgan fingerprint density at radius 3 is 1.27 bits per heavy atom. The van der Waals surface area contributed by atoms with E-state index < -0.39 is 35.9 Å². The number of hydrogen-bond donors (Lipinski definition) is 2. The van der Waals surface area contributed by atoms with E-state index >= 15 is 0 Å². The molecule has 0 aromatic heterocycles. The number of non-ortho nitro benzene ring substituents is 2. The first-order valence-electron chi connectivity index (χ1n) is 12.2. The van der Waals surface area contributed by atoms with Crippen molar-refractivity contribution >= 4 is 41.9 Å². The Kier molecular flexibility index (Phi) is 7.78. The van der Waals surface area contributed by atoms with Crippen molar-refractivity contribution in [2.75, 3.05) is 0 Å². The van der Waals surface area contributed by atoms with Crippen LogP contribution in [0.1, 0.15) is 22.3 Å². The first kappa shape index (κ1) is 29.2. The number of nitro benzene ring substituents is 2. The molecule has 0 bridgehead atoms. The van der Waals surface area contributed by atoms with Gasteiger partial charge in [-0.1, -0.05) is 0 Å². The normalized spacial score (nSPS) is 12.9. The third kappa shape index (κ3) is 5.45. The summed E-state index contributed by atoms with van der Waals surface area (Å²) in [6.07, 6.45) is -0.297. The molecular weight excluding hydrogens is 554 g/mol. The third-order valence-corrected chi connectivity index (χ3v) is 14.3. The Balaban J connectivity index is 2.26. The summed E-state index contributed by atoms with van der Waals surface area (Å²) in [6, 6.07) is 24.4. The molecule has 0 radical (unpaired) electrons. The van der Waals surface area contributed by atoms with Crippen LogP contribution in [-0.4, -0.2) is 19.6 Å². The molecule has 12 heteroatoms. The van der Waals surface area contributed by atoms with Crippen LogP contribution in [-0.2, 0) is 15.0 Å². The van der Waals surface area contributed by atoms with E-state index in [9.17, 15) is 34.6 Å². The first-order chi connectivity index (χ1) is 18.7. The summed E-state index contributed by atoms with van der Waals surface area (Å²) in [7, 11) is -5.29. The van der Waals surface area contributed by atoms with Crippen molar-refractivity contribution < 1.29 is 28.5 Å². The molecule has 4 aromatic carbocycles. The molecule has 0 aliphatic carbocycles. The van der Waals surface area contributed by atoms with Crippen molar-refractivity contribution in [1.29, 1.82) is 0 Å². The Hall–Kier alpha value is -3.78. The van der Waals surface area contributed by atoms with Gasteiger partial charge in [-0.3, -0.25) is 0 Å². The Bertz CT molecular complexity index is 1490. The van der Waals surface area contributed by atoms with Gasteiger partial charge in [0, 0.05) is 0 Å². The number of nitro groups is 2. The van der Waals surface area contributed by atoms with Gasteiger partial charge in [0.15, 0.2) is 0 Å². The zero-order valence-electron chi connectivity index (χ0n) is 22.0. The second-order valence-electron chi connectivity index (χ2n) is 9.82. The molecule has 0 amide bonds. The van der Waals surface area contributed by atoms with Gasteiger partial charge < -0.3 is 0 Å². The van der Waals surface area contributed by atoms with Gasteiger partial charge in [0.25, 0.3) is 0 Å². The van der Waals surface area contributed by atoms with Crippen LogP contribution in [0.5, 0.6) is 0 Å². The van der Waals surface area contributed by atoms with Crippen LogP contribution in [0.4, 0.5) is 11.4 Å². The van der Waals surface area contributed by atoms with E-state index in [1.807, 2.05) is 20.8 Å². The number of hydrogen-bond acceptors (Lipinski definition) is 6. The molecule has 0 saturated carbocycles. The maximum atomic E-state index is 13.0. The van der Waals surface area contributed by atoms with Gasteiger partial charge in [-0.15, -0.1) is 0 Å². The molecule has 0 aliphatic heterocycles. The van der Waals surface area contributed by atoms with E-state index in [4.69, 9.17) is 4.31 Å². The summed E-state index contributed by atoms with van der Waals surface area (Å²) in [5.74, 6) is 0. The summed E-state index contributed by atoms with van der Waals surface area (Å²) in [6.45, 7) is 0.817. The molecule has 208 valence electrons. The van der Waals surface area contributed by atoms with Crippen LogP contribution in [0.15, 0.2) is 91.0 Å². The molecule has 0 saturated heterocycles. The zero-order valence-corrected chi connectivity index (χ0v) is 23.8. The Morgan fingerprint density at radius 1 is 0.675 bits per heavy atom. The van der Waals surface area contributed by atoms with Crippen molar-refractivity contribution in [1.82, 2.24) is 0 Å². The van der Waals surface area contributed by atoms with Crippen molar-refractivity contribution in [3.8, 4) is 0 Å². The quantitative estimate of drug-likeness (QED) is 0.149. The molecule has 0 atom stereocenters. The summed E-state index contributed by atoms with van der Waals surface area (Å²) in [5.41, 5.74) is 1.73. The standard InChI is InChI=1S/C28H28N2O8P2/c1-20-4-10-26(11-5-20)40(38-39(35,36)37,27-12-6-21(2)7-13-27,28-14-8-22(3)9-15-28)19-23-16-24(29(31)32)18-25(17-23)30(33)34/h4-18H,19H2,1-3H3,(H2,35,36,37). The average molecular weight is 582 g/mol. The number of nitrogens with zero attached hydrogens (tertiary/aromatic N) is 2. The van der Waals surface area contributed by atoms with Crippen LogP contribution < -0.4 is 15.9 Å². The average Bonchev–Trinajstić information content (AvgIpc) is 2.88. The van der Waals surface area contributed by atoms with Crippen molar-refractivity contribution in [3.05, 3.63) is 133 Å². The van der Waals surface area contributed by atoms with E-state index in [0.717, 1.165) is 22.8 Å². The fourth-order valence-electron chi connectivity index (χ4n) is 5.01. The summed E-state index contributed by atoms with van der Waals surface area (Å²) in [5, 5.41) is 24.9. The molecule has 0 spiro atoms. The molecule has 4 aromatic rings. The topological polar surface area (TPSA) is 153 Å². The van der Waals surface area contributed by atoms with Gasteiger partial charge >= 0.3 is 231 Å². The van der Waals surface area contributed by atoms with Crippen LogP contribution in [0.3, 0.4) is 0 Å². The summed E-state index contributed by atoms with van der Waals surface area (Å²) in [4.78, 5) is 43.1. The predicted octanol–water partition coefficient (Wildman–Crippen LogP) is 5.48. The molecule has 40 heavy (non-hydrogen) atoms. The van der Waals surface area contributed by atoms with E-state index in [1.165, 1.54) is 12.1 Å². The minimum atomic E-state index is -5.29. The molecule has 4 rings (SSSR count). The second-order valence-corrected chi connectivity index (χ2v) is 15.7. The van der Waals surface area contributed by atoms with E-state index in [0.29, 0.717) is 15.9 Å². The molecule has 0 fully saturated rings. The van der Waals surface area contributed by atoms with Crippen LogP contribution in [0, 0.1) is 41.0 Å². The molecule has 0 aliphatic rings. The second kappa shape index (κ2) is 10.7. The Morgan fingerprint density at radius 2 is 1.00 bits per heavy atom. The summed E-state index contributed by atoms with van der Waals surface area (Å²) < 4.78 is 19.2. The van der Waals surface area contributed by atoms with Gasteiger partial charge in [0.05, 0.1) is 0 Å². The zero-order chi connectivity index (χ0) is 29.3. The number of phosphoric acid groups is 1. The number of aryl methyl sites for hydroxylation is 3. The Labute approximate surface area is 230 Å². The number of rotatable bonds is 9. The minimum absolute atomic E-state index is 0.119. The van der Waals surface area contributed by atoms with Crippen LogP contribution >= 0.6 is 14.7 Å². The maximum absolute atomic E-state index is 13.0. The third-order valence-electron chi connectivity index (χ3n) is 6.90. The van der Waals surface area contributed by atoms with Crippen molar-refractivity contribution in [2.24, 2.45) is 0 Å². The van der Waals surface area contributed by atoms with Gasteiger partial charge in [0.1, 0.15) is 0 Å². The van der Waals surface area contributed by atoms with E-state index in [1.54, 1.807) is 72.8 Å². The van der Waals surface area contributed by atoms with Crippen molar-refractivity contribution in [2.45, 2.75) is 26.9 Å². The molecule has 10 nitrogen and oxygen atoms in total. The molecule has 0 unspecified atom stereocenters. The first-order valence-corrected chi connectivity index (χ1v) is 16.0. The summed E-state index contributed by atoms with van der Waals surface area (Å²) >= 11 is 0. The van der Waals surface area contributed by atoms with E-state index in [-0.39, 0.29) is 11.7 Å². The molecule has 2 N–H and O–H groups in total. The van der Waals surface area contributed by atoms with Gasteiger partial charge in [-0.2, -0.15) is 0 Å². The van der Waals surface area contributed by atoms with Crippen LogP contribution in [0.25, 0.3) is 0 Å². The predicted molar refractivity (Wildman–Crippen MR) is 156 cm³/mol. The monoisotopic (exact) mass is 582 g/mol.